The highest BCUT2D eigenvalue weighted by Crippen LogP contribution is 2.34. The van der Waals surface area contributed by atoms with Gasteiger partial charge in [-0.25, -0.2) is 0 Å². The SMILES string of the molecule is CC(CCCC(=O)C1=C(C(F)(F)F)C=CCCC1)c1ccc2sccc2c1. The normalized spacial score (nSPS) is 16.6. The average Bonchev–Trinajstić information content (AvgIpc) is 2.93. The number of hydrogen-bond acceptors (Lipinski definition) is 2. The summed E-state index contributed by atoms with van der Waals surface area (Å²) in [5, 5.41) is 3.27. The van der Waals surface area contributed by atoms with E-state index in [1.54, 1.807) is 11.3 Å². The first-order valence-electron chi connectivity index (χ1n) is 9.33. The molecule has 0 saturated heterocycles. The van der Waals surface area contributed by atoms with E-state index in [9.17, 15) is 18.0 Å². The van der Waals surface area contributed by atoms with Gasteiger partial charge >= 0.3 is 6.18 Å². The fourth-order valence-electron chi connectivity index (χ4n) is 3.57. The topological polar surface area (TPSA) is 17.1 Å². The Morgan fingerprint density at radius 3 is 2.85 bits per heavy atom. The first kappa shape index (κ1) is 19.9. The minimum atomic E-state index is -4.46. The lowest BCUT2D eigenvalue weighted by molar-refractivity contribution is -0.117. The number of benzene rings is 1. The fraction of sp³-hybridized carbons (Fsp3) is 0.409. The summed E-state index contributed by atoms with van der Waals surface area (Å²) in [5.74, 6) is -0.0819. The molecule has 0 fully saturated rings. The van der Waals surface area contributed by atoms with E-state index in [0.29, 0.717) is 19.3 Å². The van der Waals surface area contributed by atoms with Crippen LogP contribution in [0.3, 0.4) is 0 Å². The molecule has 1 aliphatic rings. The summed E-state index contributed by atoms with van der Waals surface area (Å²) in [6.45, 7) is 2.10. The van der Waals surface area contributed by atoms with Crippen molar-refractivity contribution in [2.45, 2.75) is 57.5 Å². The highest BCUT2D eigenvalue weighted by molar-refractivity contribution is 7.17. The summed E-state index contributed by atoms with van der Waals surface area (Å²) in [6, 6.07) is 8.46. The number of allylic oxidation sites excluding steroid dienone is 4. The van der Waals surface area contributed by atoms with Gasteiger partial charge in [-0.2, -0.15) is 13.2 Å². The monoisotopic (exact) mass is 392 g/mol. The Labute approximate surface area is 161 Å². The number of alkyl halides is 3. The third kappa shape index (κ3) is 4.89. The molecule has 2 aromatic rings. The van der Waals surface area contributed by atoms with E-state index in [2.05, 4.69) is 36.6 Å². The predicted molar refractivity (Wildman–Crippen MR) is 105 cm³/mol. The van der Waals surface area contributed by atoms with Crippen molar-refractivity contribution in [2.75, 3.05) is 0 Å². The highest BCUT2D eigenvalue weighted by Gasteiger charge is 2.36. The summed E-state index contributed by atoms with van der Waals surface area (Å²) in [6.07, 6.45) is 1.08. The van der Waals surface area contributed by atoms with Gasteiger partial charge in [-0.3, -0.25) is 4.79 Å². The van der Waals surface area contributed by atoms with Crippen LogP contribution < -0.4 is 0 Å². The maximum absolute atomic E-state index is 13.2. The summed E-state index contributed by atoms with van der Waals surface area (Å²) in [4.78, 5) is 12.5. The van der Waals surface area contributed by atoms with Crippen LogP contribution >= 0.6 is 11.3 Å². The first-order chi connectivity index (χ1) is 12.9. The van der Waals surface area contributed by atoms with Crippen LogP contribution in [-0.2, 0) is 4.79 Å². The molecule has 1 aromatic carbocycles. The van der Waals surface area contributed by atoms with Crippen LogP contribution in [-0.4, -0.2) is 12.0 Å². The van der Waals surface area contributed by atoms with Crippen LogP contribution in [0.1, 0.15) is 56.9 Å². The van der Waals surface area contributed by atoms with Crippen molar-refractivity contribution >= 4 is 27.2 Å². The maximum Gasteiger partial charge on any atom is 0.416 e. The van der Waals surface area contributed by atoms with Crippen molar-refractivity contribution in [3.05, 3.63) is 58.5 Å². The van der Waals surface area contributed by atoms with Crippen molar-refractivity contribution in [1.29, 1.82) is 0 Å². The van der Waals surface area contributed by atoms with E-state index in [0.717, 1.165) is 12.5 Å². The molecule has 0 radical (unpaired) electrons. The van der Waals surface area contributed by atoms with E-state index in [4.69, 9.17) is 0 Å². The number of carbonyl (C=O) groups is 1. The molecule has 3 rings (SSSR count). The summed E-state index contributed by atoms with van der Waals surface area (Å²) in [7, 11) is 0. The van der Waals surface area contributed by atoms with Crippen LogP contribution in [0.15, 0.2) is 52.9 Å². The van der Waals surface area contributed by atoms with Gasteiger partial charge < -0.3 is 0 Å². The van der Waals surface area contributed by atoms with Gasteiger partial charge in [0.15, 0.2) is 5.78 Å². The molecule has 1 nitrogen and oxygen atoms in total. The number of thiophene rings is 1. The number of Topliss-reactive ketones (excluding diaryl/α,β-unsaturated/α-hetero) is 1. The quantitative estimate of drug-likeness (QED) is 0.502. The van der Waals surface area contributed by atoms with Gasteiger partial charge in [-0.05, 0) is 66.5 Å². The number of hydrogen-bond donors (Lipinski definition) is 0. The van der Waals surface area contributed by atoms with E-state index in [1.165, 1.54) is 21.7 Å². The molecule has 5 heteroatoms. The zero-order valence-electron chi connectivity index (χ0n) is 15.3. The third-order valence-electron chi connectivity index (χ3n) is 5.14. The van der Waals surface area contributed by atoms with Crippen LogP contribution in [0.4, 0.5) is 13.2 Å². The van der Waals surface area contributed by atoms with Crippen molar-refractivity contribution in [2.24, 2.45) is 0 Å². The molecule has 0 amide bonds. The third-order valence-corrected chi connectivity index (χ3v) is 6.03. The molecule has 0 aliphatic heterocycles. The second-order valence-corrected chi connectivity index (χ2v) is 8.07. The Balaban J connectivity index is 1.62. The fourth-order valence-corrected chi connectivity index (χ4v) is 4.34. The van der Waals surface area contributed by atoms with Crippen molar-refractivity contribution < 1.29 is 18.0 Å². The molecule has 144 valence electrons. The maximum atomic E-state index is 13.2. The first-order valence-corrected chi connectivity index (χ1v) is 10.2. The molecular weight excluding hydrogens is 369 g/mol. The number of ketones is 1. The molecule has 1 unspecified atom stereocenters. The van der Waals surface area contributed by atoms with Crippen LogP contribution in [0.2, 0.25) is 0 Å². The van der Waals surface area contributed by atoms with Crippen LogP contribution in [0.5, 0.6) is 0 Å². The number of rotatable bonds is 6. The summed E-state index contributed by atoms with van der Waals surface area (Å²) < 4.78 is 41.0. The average molecular weight is 392 g/mol. The highest BCUT2D eigenvalue weighted by atomic mass is 32.1. The standard InChI is InChI=1S/C22H23F3OS/c1-15(16-10-11-21-17(14-16)12-13-27-21)6-5-9-20(26)18-7-3-2-4-8-19(18)22(23,24)25/h4,8,10-15H,2-3,5-7,9H2,1H3. The van der Waals surface area contributed by atoms with Gasteiger partial charge in [0.2, 0.25) is 0 Å². The van der Waals surface area contributed by atoms with Gasteiger partial charge in [0.05, 0.1) is 5.57 Å². The Morgan fingerprint density at radius 1 is 1.26 bits per heavy atom. The Kier molecular flexibility index (Phi) is 6.20. The Bertz CT molecular complexity index is 873. The molecule has 0 N–H and O–H groups in total. The zero-order chi connectivity index (χ0) is 19.4. The molecule has 0 spiro atoms. The minimum Gasteiger partial charge on any atom is -0.295 e. The van der Waals surface area contributed by atoms with E-state index < -0.39 is 11.7 Å². The molecule has 0 saturated carbocycles. The molecule has 0 bridgehead atoms. The van der Waals surface area contributed by atoms with E-state index in [1.807, 2.05) is 0 Å². The van der Waals surface area contributed by atoms with E-state index >= 15 is 0 Å². The van der Waals surface area contributed by atoms with Gasteiger partial charge in [0, 0.05) is 16.7 Å². The summed E-state index contributed by atoms with van der Waals surface area (Å²) >= 11 is 1.70. The van der Waals surface area contributed by atoms with Gasteiger partial charge in [-0.15, -0.1) is 11.3 Å². The molecule has 1 atom stereocenters. The van der Waals surface area contributed by atoms with Crippen molar-refractivity contribution in [1.82, 2.24) is 0 Å². The predicted octanol–water partition coefficient (Wildman–Crippen LogP) is 7.34. The number of fused-ring (bicyclic) bond motifs is 1. The Morgan fingerprint density at radius 2 is 2.07 bits per heavy atom. The molecule has 1 heterocycles. The zero-order valence-corrected chi connectivity index (χ0v) is 16.1. The van der Waals surface area contributed by atoms with Gasteiger partial charge in [-0.1, -0.05) is 31.2 Å². The number of carbonyl (C=O) groups excluding carboxylic acids is 1. The molecule has 27 heavy (non-hydrogen) atoms. The lowest BCUT2D eigenvalue weighted by Crippen LogP contribution is -2.16. The minimum absolute atomic E-state index is 0.0383. The van der Waals surface area contributed by atoms with E-state index in [-0.39, 0.29) is 30.1 Å². The lowest BCUT2D eigenvalue weighted by Gasteiger charge is -2.15. The molecule has 1 aromatic heterocycles. The van der Waals surface area contributed by atoms with Crippen LogP contribution in [0, 0.1) is 0 Å². The second kappa shape index (κ2) is 8.42. The summed E-state index contributed by atoms with van der Waals surface area (Å²) in [5.41, 5.74) is 0.422. The van der Waals surface area contributed by atoms with Crippen molar-refractivity contribution in [3.8, 4) is 0 Å². The largest absolute Gasteiger partial charge is 0.416 e. The smallest absolute Gasteiger partial charge is 0.295 e. The van der Waals surface area contributed by atoms with Crippen LogP contribution in [0.25, 0.3) is 10.1 Å². The van der Waals surface area contributed by atoms with Gasteiger partial charge in [0.1, 0.15) is 0 Å². The van der Waals surface area contributed by atoms with Crippen molar-refractivity contribution in [3.63, 3.8) is 0 Å². The number of halogens is 3. The second-order valence-electron chi connectivity index (χ2n) is 7.12. The van der Waals surface area contributed by atoms with Gasteiger partial charge in [0.25, 0.3) is 0 Å². The lowest BCUT2D eigenvalue weighted by atomic mass is 9.92. The molecule has 1 aliphatic carbocycles. The Hall–Kier alpha value is -1.88. The molecular formula is C22H23F3OS.